The molecule has 0 atom stereocenters. The van der Waals surface area contributed by atoms with E-state index in [-0.39, 0.29) is 0 Å². The van der Waals surface area contributed by atoms with Crippen molar-refractivity contribution in [3.05, 3.63) is 198 Å². The summed E-state index contributed by atoms with van der Waals surface area (Å²) in [5.41, 5.74) is 9.96. The number of benzene rings is 5. The van der Waals surface area contributed by atoms with Crippen molar-refractivity contribution in [3.8, 4) is 11.3 Å². The fourth-order valence-corrected chi connectivity index (χ4v) is 6.18. The highest BCUT2D eigenvalue weighted by Gasteiger charge is 2.40. The third-order valence-corrected chi connectivity index (χ3v) is 8.12. The minimum Gasteiger partial charge on any atom is -0.310 e. The molecule has 0 fully saturated rings. The lowest BCUT2D eigenvalue weighted by atomic mass is 9.67. The van der Waals surface area contributed by atoms with Crippen LogP contribution >= 0.6 is 0 Å². The van der Waals surface area contributed by atoms with Crippen LogP contribution in [0.5, 0.6) is 0 Å². The largest absolute Gasteiger partial charge is 0.310 e. The zero-order chi connectivity index (χ0) is 29.8. The fourth-order valence-electron chi connectivity index (χ4n) is 6.18. The maximum Gasteiger partial charge on any atom is 0.0924 e. The Kier molecular flexibility index (Phi) is 7.31. The van der Waals surface area contributed by atoms with E-state index in [1.54, 1.807) is 0 Å². The summed E-state index contributed by atoms with van der Waals surface area (Å²) in [4.78, 5) is 7.31. The predicted octanol–water partition coefficient (Wildman–Crippen LogP) is 9.63. The average Bonchev–Trinajstić information content (AvgIpc) is 3.54. The zero-order valence-corrected chi connectivity index (χ0v) is 24.5. The Balaban J connectivity index is 1.47. The quantitative estimate of drug-likeness (QED) is 0.186. The minimum atomic E-state index is -0.642. The first kappa shape index (κ1) is 27.1. The molecule has 2 aromatic heterocycles. The second-order valence-electron chi connectivity index (χ2n) is 10.9. The van der Waals surface area contributed by atoms with Crippen molar-refractivity contribution in [3.63, 3.8) is 0 Å². The highest BCUT2D eigenvalue weighted by molar-refractivity contribution is 5.80. The van der Waals surface area contributed by atoms with Crippen molar-refractivity contribution < 1.29 is 0 Å². The number of pyridine rings is 1. The van der Waals surface area contributed by atoms with Crippen LogP contribution in [0.15, 0.2) is 170 Å². The van der Waals surface area contributed by atoms with Gasteiger partial charge in [0.05, 0.1) is 16.8 Å². The number of hydrogen-bond donors (Lipinski definition) is 1. The van der Waals surface area contributed by atoms with Gasteiger partial charge in [-0.15, -0.1) is 0 Å². The van der Waals surface area contributed by atoms with E-state index >= 15 is 0 Å². The van der Waals surface area contributed by atoms with Crippen LogP contribution in [0.2, 0.25) is 0 Å². The number of aromatic amines is 1. The van der Waals surface area contributed by atoms with Crippen LogP contribution in [0, 0.1) is 6.92 Å². The Bertz CT molecular complexity index is 1870. The Morgan fingerprint density at radius 1 is 0.523 bits per heavy atom. The van der Waals surface area contributed by atoms with E-state index in [0.29, 0.717) is 0 Å². The van der Waals surface area contributed by atoms with E-state index in [1.165, 1.54) is 0 Å². The standard InChI is InChI=1S/C40H32N4/c1-30-27-38(43-42-30)31-15-13-23-36(28-31)44(35-21-9-4-10-22-35)37-24-14-20-34(29-37)40(32-16-5-2-6-17-32,33-18-7-3-8-19-33)39-25-11-12-26-41-39/h2-29H,1H3,(H,42,43). The Hall–Kier alpha value is -5.74. The molecule has 7 aromatic rings. The molecular weight excluding hydrogens is 536 g/mol. The molecule has 44 heavy (non-hydrogen) atoms. The van der Waals surface area contributed by atoms with Crippen LogP contribution in [0.1, 0.15) is 28.1 Å². The summed E-state index contributed by atoms with van der Waals surface area (Å²) < 4.78 is 0. The van der Waals surface area contributed by atoms with Crippen molar-refractivity contribution in [1.82, 2.24) is 15.2 Å². The van der Waals surface area contributed by atoms with Crippen molar-refractivity contribution in [2.24, 2.45) is 0 Å². The molecule has 0 saturated carbocycles. The Labute approximate surface area is 258 Å². The maximum atomic E-state index is 4.99. The lowest BCUT2D eigenvalue weighted by Gasteiger charge is -2.36. The van der Waals surface area contributed by atoms with E-state index in [4.69, 9.17) is 4.98 Å². The van der Waals surface area contributed by atoms with Gasteiger partial charge in [0.1, 0.15) is 0 Å². The molecule has 4 heteroatoms. The van der Waals surface area contributed by atoms with Crippen LogP contribution in [0.25, 0.3) is 11.3 Å². The fraction of sp³-hybridized carbons (Fsp3) is 0.0500. The molecule has 0 unspecified atom stereocenters. The summed E-state index contributed by atoms with van der Waals surface area (Å²) in [6.45, 7) is 2.02. The molecule has 0 aliphatic heterocycles. The Morgan fingerprint density at radius 3 is 1.70 bits per heavy atom. The average molecular weight is 569 g/mol. The third kappa shape index (κ3) is 4.97. The topological polar surface area (TPSA) is 44.8 Å². The van der Waals surface area contributed by atoms with Gasteiger partial charge in [0, 0.05) is 34.5 Å². The van der Waals surface area contributed by atoms with Crippen molar-refractivity contribution in [1.29, 1.82) is 0 Å². The molecule has 0 spiro atoms. The number of rotatable bonds is 8. The lowest BCUT2D eigenvalue weighted by molar-refractivity contribution is 0.714. The van der Waals surface area contributed by atoms with Crippen LogP contribution in [-0.2, 0) is 5.41 Å². The number of H-pyrrole nitrogens is 1. The summed E-state index contributed by atoms with van der Waals surface area (Å²) in [5.74, 6) is 0. The molecule has 2 heterocycles. The molecule has 0 radical (unpaired) electrons. The lowest BCUT2D eigenvalue weighted by Crippen LogP contribution is -2.32. The summed E-state index contributed by atoms with van der Waals surface area (Å²) in [5, 5.41) is 7.61. The van der Waals surface area contributed by atoms with E-state index in [9.17, 15) is 0 Å². The number of aryl methyl sites for hydroxylation is 1. The molecule has 5 aromatic carbocycles. The van der Waals surface area contributed by atoms with E-state index in [0.717, 1.165) is 56.4 Å². The predicted molar refractivity (Wildman–Crippen MR) is 180 cm³/mol. The smallest absolute Gasteiger partial charge is 0.0924 e. The number of nitrogens with zero attached hydrogens (tertiary/aromatic N) is 3. The van der Waals surface area contributed by atoms with Gasteiger partial charge in [-0.05, 0) is 78.2 Å². The monoisotopic (exact) mass is 568 g/mol. The van der Waals surface area contributed by atoms with Gasteiger partial charge in [-0.3, -0.25) is 10.1 Å². The highest BCUT2D eigenvalue weighted by atomic mass is 15.1. The Morgan fingerprint density at radius 2 is 1.09 bits per heavy atom. The molecule has 1 N–H and O–H groups in total. The van der Waals surface area contributed by atoms with Gasteiger partial charge in [0.2, 0.25) is 0 Å². The first-order valence-electron chi connectivity index (χ1n) is 14.8. The second-order valence-corrected chi connectivity index (χ2v) is 10.9. The van der Waals surface area contributed by atoms with Crippen molar-refractivity contribution in [2.45, 2.75) is 12.3 Å². The molecule has 0 aliphatic rings. The number of anilines is 3. The van der Waals surface area contributed by atoms with Crippen LogP contribution < -0.4 is 4.90 Å². The second kappa shape index (κ2) is 11.9. The van der Waals surface area contributed by atoms with E-state index in [1.807, 2.05) is 19.2 Å². The molecule has 7 rings (SSSR count). The van der Waals surface area contributed by atoms with Crippen molar-refractivity contribution in [2.75, 3.05) is 4.90 Å². The maximum absolute atomic E-state index is 4.99. The number of para-hydroxylation sites is 1. The molecular formula is C40H32N4. The minimum absolute atomic E-state index is 0.642. The van der Waals surface area contributed by atoms with Gasteiger partial charge in [-0.25, -0.2) is 0 Å². The summed E-state index contributed by atoms with van der Waals surface area (Å²) in [6.07, 6.45) is 1.89. The van der Waals surface area contributed by atoms with Gasteiger partial charge in [0.25, 0.3) is 0 Å². The van der Waals surface area contributed by atoms with Gasteiger partial charge in [-0.1, -0.05) is 109 Å². The first-order valence-corrected chi connectivity index (χ1v) is 14.8. The number of hydrogen-bond acceptors (Lipinski definition) is 3. The molecule has 0 saturated heterocycles. The van der Waals surface area contributed by atoms with Crippen LogP contribution in [-0.4, -0.2) is 15.2 Å². The third-order valence-electron chi connectivity index (χ3n) is 8.12. The van der Waals surface area contributed by atoms with Gasteiger partial charge < -0.3 is 4.90 Å². The molecule has 4 nitrogen and oxygen atoms in total. The van der Waals surface area contributed by atoms with E-state index < -0.39 is 5.41 Å². The summed E-state index contributed by atoms with van der Waals surface area (Å²) >= 11 is 0. The molecule has 212 valence electrons. The molecule has 0 aliphatic carbocycles. The number of nitrogens with one attached hydrogen (secondary N) is 1. The van der Waals surface area contributed by atoms with Crippen LogP contribution in [0.4, 0.5) is 17.1 Å². The molecule has 0 amide bonds. The summed E-state index contributed by atoms with van der Waals surface area (Å²) in [6, 6.07) is 57.6. The van der Waals surface area contributed by atoms with Gasteiger partial charge in [-0.2, -0.15) is 5.10 Å². The number of aromatic nitrogens is 3. The van der Waals surface area contributed by atoms with Crippen molar-refractivity contribution >= 4 is 17.1 Å². The summed E-state index contributed by atoms with van der Waals surface area (Å²) in [7, 11) is 0. The van der Waals surface area contributed by atoms with Gasteiger partial charge >= 0.3 is 0 Å². The van der Waals surface area contributed by atoms with Gasteiger partial charge in [0.15, 0.2) is 0 Å². The van der Waals surface area contributed by atoms with E-state index in [2.05, 4.69) is 173 Å². The highest BCUT2D eigenvalue weighted by Crippen LogP contribution is 2.46. The SMILES string of the molecule is Cc1cc(-c2cccc(N(c3ccccc3)c3cccc(C(c4ccccc4)(c4ccccc4)c4ccccn4)c3)c2)n[nH]1. The van der Waals surface area contributed by atoms with Crippen LogP contribution in [0.3, 0.4) is 0 Å². The molecule has 0 bridgehead atoms. The zero-order valence-electron chi connectivity index (χ0n) is 24.5. The first-order chi connectivity index (χ1) is 21.7. The normalized spacial score (nSPS) is 11.3.